The molecule has 2 aliphatic rings. The van der Waals surface area contributed by atoms with Crippen LogP contribution >= 0.6 is 23.2 Å². The zero-order valence-electron chi connectivity index (χ0n) is 32.2. The van der Waals surface area contributed by atoms with Crippen molar-refractivity contribution in [2.45, 2.75) is 46.6 Å². The Hall–Kier alpha value is -5.88. The molecule has 4 aromatic carbocycles. The number of amides is 1. The van der Waals surface area contributed by atoms with Crippen molar-refractivity contribution in [2.24, 2.45) is 0 Å². The summed E-state index contributed by atoms with van der Waals surface area (Å²) < 4.78 is 28.9. The van der Waals surface area contributed by atoms with Gasteiger partial charge in [-0.1, -0.05) is 83.4 Å². The summed E-state index contributed by atoms with van der Waals surface area (Å²) in [6, 6.07) is 30.2. The first-order chi connectivity index (χ1) is 28.0. The van der Waals surface area contributed by atoms with E-state index in [1.54, 1.807) is 38.1 Å². The van der Waals surface area contributed by atoms with E-state index in [1.807, 2.05) is 49.4 Å². The number of piperazine rings is 1. The van der Waals surface area contributed by atoms with Crippen molar-refractivity contribution in [1.29, 1.82) is 0 Å². The lowest BCUT2D eigenvalue weighted by atomic mass is 10.0. The minimum absolute atomic E-state index is 0.103. The van der Waals surface area contributed by atoms with Gasteiger partial charge in [0.2, 0.25) is 5.88 Å². The maximum Gasteiger partial charge on any atom is 0.422 e. The zero-order chi connectivity index (χ0) is 40.8. The van der Waals surface area contributed by atoms with Crippen LogP contribution in [-0.4, -0.2) is 65.1 Å². The lowest BCUT2D eigenvalue weighted by Crippen LogP contribution is -2.56. The van der Waals surface area contributed by atoms with Gasteiger partial charge in [-0.05, 0) is 73.9 Å². The van der Waals surface area contributed by atoms with Crippen molar-refractivity contribution in [3.63, 3.8) is 0 Å². The molecular weight excluding hydrogens is 781 g/mol. The number of nitrogens with zero attached hydrogens (tertiary/aromatic N) is 3. The highest BCUT2D eigenvalue weighted by molar-refractivity contribution is 6.33. The summed E-state index contributed by atoms with van der Waals surface area (Å²) in [6.45, 7) is 7.71. The van der Waals surface area contributed by atoms with E-state index in [0.717, 1.165) is 28.9 Å². The fourth-order valence-corrected chi connectivity index (χ4v) is 7.12. The molecule has 13 heteroatoms. The first kappa shape index (κ1) is 40.3. The van der Waals surface area contributed by atoms with E-state index in [-0.39, 0.29) is 41.9 Å². The molecule has 0 bridgehead atoms. The van der Waals surface area contributed by atoms with Gasteiger partial charge in [0.05, 0.1) is 29.9 Å². The molecule has 0 saturated carbocycles. The van der Waals surface area contributed by atoms with Crippen molar-refractivity contribution in [1.82, 2.24) is 14.8 Å². The minimum Gasteiger partial charge on any atom is -0.493 e. The third-order valence-corrected chi connectivity index (χ3v) is 10.5. The minimum atomic E-state index is -1.25. The van der Waals surface area contributed by atoms with Gasteiger partial charge in [-0.3, -0.25) is 9.69 Å². The van der Waals surface area contributed by atoms with Crippen LogP contribution in [0, 0.1) is 13.8 Å². The van der Waals surface area contributed by atoms with Gasteiger partial charge in [-0.15, -0.1) is 0 Å². The molecule has 1 amide bonds. The fourth-order valence-electron chi connectivity index (χ4n) is 6.63. The van der Waals surface area contributed by atoms with E-state index >= 15 is 0 Å². The average molecular weight is 823 g/mol. The molecular formula is C45H41Cl2N3O8. The molecule has 1 atom stereocenters. The van der Waals surface area contributed by atoms with Crippen LogP contribution in [0.15, 0.2) is 109 Å². The van der Waals surface area contributed by atoms with Crippen LogP contribution in [0.4, 0.5) is 0 Å². The Morgan fingerprint density at radius 1 is 0.793 bits per heavy atom. The van der Waals surface area contributed by atoms with Gasteiger partial charge in [0, 0.05) is 48.3 Å². The number of benzene rings is 4. The molecule has 1 aromatic heterocycles. The summed E-state index contributed by atoms with van der Waals surface area (Å²) in [4.78, 5) is 48.0. The lowest BCUT2D eigenvalue weighted by Gasteiger charge is -2.40. The van der Waals surface area contributed by atoms with Crippen LogP contribution in [0.2, 0.25) is 10.0 Å². The smallest absolute Gasteiger partial charge is 0.422 e. The highest BCUT2D eigenvalue weighted by Crippen LogP contribution is 2.37. The summed E-state index contributed by atoms with van der Waals surface area (Å²) in [7, 11) is 0. The molecule has 0 spiro atoms. The number of carbonyl (C=O) groups is 3. The largest absolute Gasteiger partial charge is 0.493 e. The molecule has 298 valence electrons. The van der Waals surface area contributed by atoms with Gasteiger partial charge < -0.3 is 28.6 Å². The van der Waals surface area contributed by atoms with Gasteiger partial charge in [-0.25, -0.2) is 14.6 Å². The third kappa shape index (κ3) is 9.79. The molecule has 1 unspecified atom stereocenters. The highest BCUT2D eigenvalue weighted by Gasteiger charge is 2.39. The Balaban J connectivity index is 0.994. The number of cyclic esters (lactones) is 1. The van der Waals surface area contributed by atoms with Crippen molar-refractivity contribution in [3.8, 4) is 23.1 Å². The Labute approximate surface area is 346 Å². The second-order valence-corrected chi connectivity index (χ2v) is 14.9. The number of carbonyl (C=O) groups excluding carboxylic acids is 3. The van der Waals surface area contributed by atoms with Gasteiger partial charge in [-0.2, -0.15) is 0 Å². The molecule has 7 rings (SSSR count). The number of hydrogen-bond acceptors (Lipinski definition) is 10. The zero-order valence-corrected chi connectivity index (χ0v) is 33.7. The van der Waals surface area contributed by atoms with Gasteiger partial charge in [0.15, 0.2) is 12.0 Å². The van der Waals surface area contributed by atoms with Crippen molar-refractivity contribution >= 4 is 46.8 Å². The Morgan fingerprint density at radius 3 is 2.26 bits per heavy atom. The molecule has 2 aliphatic heterocycles. The number of fused-ring (bicyclic) bond motifs is 1. The number of rotatable bonds is 12. The van der Waals surface area contributed by atoms with Gasteiger partial charge in [0.1, 0.15) is 23.9 Å². The molecule has 0 aliphatic carbocycles. The van der Waals surface area contributed by atoms with E-state index in [4.69, 9.17) is 46.9 Å². The summed E-state index contributed by atoms with van der Waals surface area (Å²) in [6.07, 6.45) is 1.28. The molecule has 5 aromatic rings. The maximum absolute atomic E-state index is 14.0. The van der Waals surface area contributed by atoms with E-state index in [1.165, 1.54) is 22.7 Å². The van der Waals surface area contributed by atoms with Crippen LogP contribution in [-0.2, 0) is 43.4 Å². The molecule has 0 radical (unpaired) electrons. The molecule has 58 heavy (non-hydrogen) atoms. The van der Waals surface area contributed by atoms with E-state index in [2.05, 4.69) is 34.1 Å². The summed E-state index contributed by atoms with van der Waals surface area (Å²) in [5, 5.41) is 0.773. The van der Waals surface area contributed by atoms with Crippen molar-refractivity contribution in [3.05, 3.63) is 152 Å². The average Bonchev–Trinajstić information content (AvgIpc) is 3.25. The van der Waals surface area contributed by atoms with E-state index in [9.17, 15) is 14.4 Å². The second kappa shape index (κ2) is 18.1. The van der Waals surface area contributed by atoms with Crippen LogP contribution in [0.3, 0.4) is 0 Å². The normalized spacial score (nSPS) is 17.4. The summed E-state index contributed by atoms with van der Waals surface area (Å²) >= 11 is 13.0. The van der Waals surface area contributed by atoms with Gasteiger partial charge >= 0.3 is 11.9 Å². The Morgan fingerprint density at radius 2 is 1.53 bits per heavy atom. The van der Waals surface area contributed by atoms with Crippen LogP contribution < -0.4 is 14.2 Å². The fraction of sp³-hybridized carbons (Fsp3) is 0.244. The number of esters is 2. The summed E-state index contributed by atoms with van der Waals surface area (Å²) in [5.74, 6) is -1.08. The topological polar surface area (TPSA) is 117 Å². The predicted molar refractivity (Wildman–Crippen MR) is 219 cm³/mol. The molecule has 3 heterocycles. The second-order valence-electron chi connectivity index (χ2n) is 14.1. The number of aromatic nitrogens is 1. The summed E-state index contributed by atoms with van der Waals surface area (Å²) in [5.41, 5.74) is 5.21. The van der Waals surface area contributed by atoms with Crippen molar-refractivity contribution < 1.29 is 38.1 Å². The first-order valence-electron chi connectivity index (χ1n) is 18.8. The molecule has 1 saturated heterocycles. The van der Waals surface area contributed by atoms with Crippen LogP contribution in [0.5, 0.6) is 23.1 Å². The SMILES string of the molecule is C/C1=C(/c2cc(C)c(Oc3ccc(OCc4ccccc4Cl)cn3)c(Cl)c2)OC(=O)C(=O)OC2CN(Cc3ccc(CCOc4ccc(C)cc4)cc3)CCN2C1=O. The number of ether oxygens (including phenoxy) is 5. The highest BCUT2D eigenvalue weighted by atomic mass is 35.5. The van der Waals surface area contributed by atoms with Gasteiger partial charge in [0.25, 0.3) is 5.91 Å². The first-order valence-corrected chi connectivity index (χ1v) is 19.5. The molecule has 1 fully saturated rings. The van der Waals surface area contributed by atoms with E-state index in [0.29, 0.717) is 47.3 Å². The number of pyridine rings is 1. The molecule has 0 N–H and O–H groups in total. The van der Waals surface area contributed by atoms with Crippen LogP contribution in [0.1, 0.15) is 40.3 Å². The Bertz CT molecular complexity index is 2310. The van der Waals surface area contributed by atoms with Crippen LogP contribution in [0.25, 0.3) is 5.76 Å². The maximum atomic E-state index is 14.0. The van der Waals surface area contributed by atoms with E-state index < -0.39 is 24.1 Å². The number of aryl methyl sites for hydroxylation is 2. The lowest BCUT2D eigenvalue weighted by molar-refractivity contribution is -0.179. The molecule has 11 nitrogen and oxygen atoms in total. The number of halogens is 2. The standard InChI is InChI=1S/C45H41Cl2N3O8/c1-28-8-14-35(15-9-28)54-21-18-31-10-12-32(13-11-31)25-49-19-20-50-40(26-49)57-44(52)45(53)58-42(30(3)43(50)51)34-22-29(2)41(38(47)23-34)56-39-17-16-36(24-48-39)55-27-33-6-4-5-7-37(33)46/h4-17,22-24,40H,18-21,25-27H2,1-3H3/b42-30+. The Kier molecular flexibility index (Phi) is 12.6. The quantitative estimate of drug-likeness (QED) is 0.0896. The van der Waals surface area contributed by atoms with Crippen molar-refractivity contribution in [2.75, 3.05) is 26.2 Å². The third-order valence-electron chi connectivity index (χ3n) is 9.82. The predicted octanol–water partition coefficient (Wildman–Crippen LogP) is 8.50. The number of hydrogen-bond donors (Lipinski definition) is 0. The monoisotopic (exact) mass is 821 g/mol.